The molecule has 0 amide bonds. The second-order valence-corrected chi connectivity index (χ2v) is 6.76. The number of para-hydroxylation sites is 1. The van der Waals surface area contributed by atoms with E-state index in [2.05, 4.69) is 59.6 Å². The van der Waals surface area contributed by atoms with Crippen molar-refractivity contribution >= 4 is 27.6 Å². The predicted octanol–water partition coefficient (Wildman–Crippen LogP) is 2.13. The first-order valence-corrected chi connectivity index (χ1v) is 8.89. The van der Waals surface area contributed by atoms with Crippen LogP contribution < -0.4 is 15.5 Å². The standard InChI is InChI=1S/C17H23BrN6/c1-19-17(21-11-16-20-8-10-23(16)2)22-13-7-9-24(12-13)15-6-4-3-5-14(15)18/h3-6,8,10,13H,7,9,11-12H2,1-2H3,(H2,19,21,22). The third-order valence-corrected chi connectivity index (χ3v) is 4.95. The monoisotopic (exact) mass is 390 g/mol. The van der Waals surface area contributed by atoms with Crippen LogP contribution in [-0.2, 0) is 13.6 Å². The third-order valence-electron chi connectivity index (χ3n) is 4.28. The normalized spacial score (nSPS) is 18.0. The lowest BCUT2D eigenvalue weighted by Crippen LogP contribution is -2.44. The number of benzene rings is 1. The molecule has 1 unspecified atom stereocenters. The van der Waals surface area contributed by atoms with Gasteiger partial charge in [0.15, 0.2) is 5.96 Å². The summed E-state index contributed by atoms with van der Waals surface area (Å²) in [5, 5.41) is 6.84. The Labute approximate surface area is 151 Å². The summed E-state index contributed by atoms with van der Waals surface area (Å²) in [4.78, 5) is 11.0. The van der Waals surface area contributed by atoms with Gasteiger partial charge in [0, 0.05) is 50.1 Å². The van der Waals surface area contributed by atoms with Gasteiger partial charge in [0.05, 0.1) is 12.2 Å². The van der Waals surface area contributed by atoms with E-state index < -0.39 is 0 Å². The summed E-state index contributed by atoms with van der Waals surface area (Å²) in [5.41, 5.74) is 1.25. The van der Waals surface area contributed by atoms with Gasteiger partial charge < -0.3 is 20.1 Å². The molecule has 1 saturated heterocycles. The Kier molecular flexibility index (Phi) is 5.40. The number of guanidine groups is 1. The zero-order valence-corrected chi connectivity index (χ0v) is 15.6. The lowest BCUT2D eigenvalue weighted by molar-refractivity contribution is 0.640. The van der Waals surface area contributed by atoms with E-state index in [1.54, 1.807) is 13.2 Å². The first-order valence-electron chi connectivity index (χ1n) is 8.10. The zero-order valence-electron chi connectivity index (χ0n) is 14.0. The van der Waals surface area contributed by atoms with Gasteiger partial charge in [-0.1, -0.05) is 12.1 Å². The number of halogens is 1. The number of hydrogen-bond donors (Lipinski definition) is 2. The van der Waals surface area contributed by atoms with Crippen molar-refractivity contribution < 1.29 is 0 Å². The number of anilines is 1. The van der Waals surface area contributed by atoms with Crippen molar-refractivity contribution in [2.24, 2.45) is 12.0 Å². The summed E-state index contributed by atoms with van der Waals surface area (Å²) in [7, 11) is 3.79. The smallest absolute Gasteiger partial charge is 0.191 e. The van der Waals surface area contributed by atoms with Crippen LogP contribution in [0.2, 0.25) is 0 Å². The number of aliphatic imine (C=N–C) groups is 1. The minimum atomic E-state index is 0.379. The largest absolute Gasteiger partial charge is 0.368 e. The van der Waals surface area contributed by atoms with Crippen molar-refractivity contribution in [2.45, 2.75) is 19.0 Å². The van der Waals surface area contributed by atoms with Gasteiger partial charge >= 0.3 is 0 Å². The lowest BCUT2D eigenvalue weighted by atomic mass is 10.3. The molecule has 2 N–H and O–H groups in total. The summed E-state index contributed by atoms with van der Waals surface area (Å²) >= 11 is 3.64. The minimum Gasteiger partial charge on any atom is -0.368 e. The molecule has 7 heteroatoms. The Balaban J connectivity index is 1.54. The van der Waals surface area contributed by atoms with Crippen molar-refractivity contribution in [1.29, 1.82) is 0 Å². The average Bonchev–Trinajstić information content (AvgIpc) is 3.21. The topological polar surface area (TPSA) is 57.5 Å². The van der Waals surface area contributed by atoms with Crippen LogP contribution in [0, 0.1) is 0 Å². The highest BCUT2D eigenvalue weighted by atomic mass is 79.9. The molecule has 3 rings (SSSR count). The molecule has 1 aromatic carbocycles. The Bertz CT molecular complexity index is 711. The summed E-state index contributed by atoms with van der Waals surface area (Å²) < 4.78 is 3.15. The van der Waals surface area contributed by atoms with Crippen molar-refractivity contribution in [1.82, 2.24) is 20.2 Å². The fourth-order valence-corrected chi connectivity index (χ4v) is 3.46. The van der Waals surface area contributed by atoms with Crippen LogP contribution in [0.3, 0.4) is 0 Å². The molecule has 0 bridgehead atoms. The SMILES string of the molecule is CN=C(NCc1nccn1C)NC1CCN(c2ccccc2Br)C1. The van der Waals surface area contributed by atoms with Gasteiger partial charge in [-0.2, -0.15) is 0 Å². The van der Waals surface area contributed by atoms with E-state index in [9.17, 15) is 0 Å². The number of aryl methyl sites for hydroxylation is 1. The van der Waals surface area contributed by atoms with Gasteiger partial charge in [0.1, 0.15) is 5.82 Å². The van der Waals surface area contributed by atoms with Crippen molar-refractivity contribution in [2.75, 3.05) is 25.0 Å². The quantitative estimate of drug-likeness (QED) is 0.620. The summed E-state index contributed by atoms with van der Waals surface area (Å²) in [6.45, 7) is 2.66. The number of nitrogens with one attached hydrogen (secondary N) is 2. The molecule has 24 heavy (non-hydrogen) atoms. The molecule has 1 aliphatic heterocycles. The third kappa shape index (κ3) is 3.90. The van der Waals surface area contributed by atoms with E-state index in [1.165, 1.54) is 5.69 Å². The maximum atomic E-state index is 4.33. The van der Waals surface area contributed by atoms with Crippen LogP contribution >= 0.6 is 15.9 Å². The highest BCUT2D eigenvalue weighted by Crippen LogP contribution is 2.28. The number of nitrogens with zero attached hydrogens (tertiary/aromatic N) is 4. The maximum Gasteiger partial charge on any atom is 0.191 e. The molecule has 1 atom stereocenters. The summed E-state index contributed by atoms with van der Waals surface area (Å²) in [5.74, 6) is 1.80. The molecule has 0 aliphatic carbocycles. The molecule has 1 aromatic heterocycles. The number of hydrogen-bond acceptors (Lipinski definition) is 3. The lowest BCUT2D eigenvalue weighted by Gasteiger charge is -2.21. The molecule has 6 nitrogen and oxygen atoms in total. The van der Waals surface area contributed by atoms with Crippen LogP contribution in [0.25, 0.3) is 0 Å². The first-order chi connectivity index (χ1) is 11.7. The first kappa shape index (κ1) is 16.8. The number of rotatable bonds is 4. The van der Waals surface area contributed by atoms with Gasteiger partial charge in [-0.15, -0.1) is 0 Å². The van der Waals surface area contributed by atoms with Crippen LogP contribution in [0.1, 0.15) is 12.2 Å². The maximum absolute atomic E-state index is 4.33. The molecule has 0 spiro atoms. The van der Waals surface area contributed by atoms with Crippen LogP contribution in [0.5, 0.6) is 0 Å². The molecule has 1 fully saturated rings. The summed E-state index contributed by atoms with van der Waals surface area (Å²) in [6, 6.07) is 8.74. The number of imidazole rings is 1. The number of aromatic nitrogens is 2. The highest BCUT2D eigenvalue weighted by molar-refractivity contribution is 9.10. The van der Waals surface area contributed by atoms with Crippen molar-refractivity contribution in [3.8, 4) is 0 Å². The molecule has 1 aliphatic rings. The molecule has 0 radical (unpaired) electrons. The molecule has 2 heterocycles. The van der Waals surface area contributed by atoms with Crippen molar-refractivity contribution in [3.05, 3.63) is 47.0 Å². The van der Waals surface area contributed by atoms with Gasteiger partial charge in [-0.05, 0) is 34.5 Å². The molecular weight excluding hydrogens is 368 g/mol. The Hall–Kier alpha value is -2.02. The molecule has 0 saturated carbocycles. The van der Waals surface area contributed by atoms with E-state index >= 15 is 0 Å². The van der Waals surface area contributed by atoms with Crippen LogP contribution in [0.15, 0.2) is 46.1 Å². The van der Waals surface area contributed by atoms with E-state index in [4.69, 9.17) is 0 Å². The van der Waals surface area contributed by atoms with E-state index in [0.717, 1.165) is 35.8 Å². The minimum absolute atomic E-state index is 0.379. The predicted molar refractivity (Wildman–Crippen MR) is 101 cm³/mol. The second kappa shape index (κ2) is 7.70. The average molecular weight is 391 g/mol. The zero-order chi connectivity index (χ0) is 16.9. The van der Waals surface area contributed by atoms with E-state index in [1.807, 2.05) is 23.9 Å². The molecule has 2 aromatic rings. The van der Waals surface area contributed by atoms with Gasteiger partial charge in [0.25, 0.3) is 0 Å². The Morgan fingerprint density at radius 1 is 1.42 bits per heavy atom. The summed E-state index contributed by atoms with van der Waals surface area (Å²) in [6.07, 6.45) is 4.84. The Morgan fingerprint density at radius 2 is 2.25 bits per heavy atom. The highest BCUT2D eigenvalue weighted by Gasteiger charge is 2.24. The fraction of sp³-hybridized carbons (Fsp3) is 0.412. The Morgan fingerprint density at radius 3 is 2.96 bits per heavy atom. The van der Waals surface area contributed by atoms with E-state index in [0.29, 0.717) is 12.6 Å². The second-order valence-electron chi connectivity index (χ2n) is 5.91. The van der Waals surface area contributed by atoms with Gasteiger partial charge in [-0.3, -0.25) is 4.99 Å². The fourth-order valence-electron chi connectivity index (χ4n) is 2.92. The molecule has 128 valence electrons. The van der Waals surface area contributed by atoms with Gasteiger partial charge in [-0.25, -0.2) is 4.98 Å². The van der Waals surface area contributed by atoms with E-state index in [-0.39, 0.29) is 0 Å². The molecular formula is C17H23BrN6. The van der Waals surface area contributed by atoms with Crippen LogP contribution in [-0.4, -0.2) is 41.7 Å². The van der Waals surface area contributed by atoms with Crippen LogP contribution in [0.4, 0.5) is 5.69 Å². The van der Waals surface area contributed by atoms with Gasteiger partial charge in [0.2, 0.25) is 0 Å². The van der Waals surface area contributed by atoms with Crippen molar-refractivity contribution in [3.63, 3.8) is 0 Å².